The van der Waals surface area contributed by atoms with Crippen molar-refractivity contribution in [3.63, 3.8) is 0 Å². The molecule has 1 aromatic heterocycles. The highest BCUT2D eigenvalue weighted by Crippen LogP contribution is 2.33. The van der Waals surface area contributed by atoms with E-state index in [1.807, 2.05) is 61.3 Å². The summed E-state index contributed by atoms with van der Waals surface area (Å²) in [5, 5.41) is 0.968. The van der Waals surface area contributed by atoms with E-state index in [1.165, 1.54) is 0 Å². The Morgan fingerprint density at radius 1 is 1.20 bits per heavy atom. The van der Waals surface area contributed by atoms with Crippen molar-refractivity contribution in [2.75, 3.05) is 13.8 Å². The number of carbonyl (C=O) groups is 1. The molecule has 25 heavy (non-hydrogen) atoms. The molecule has 0 fully saturated rings. The van der Waals surface area contributed by atoms with E-state index in [1.54, 1.807) is 6.20 Å². The number of likely N-dealkylation sites (N-methyl/N-ethyl adjacent to an activating group) is 1. The second kappa shape index (κ2) is 6.26. The maximum Gasteiger partial charge on any atom is 0.231 e. The van der Waals surface area contributed by atoms with Gasteiger partial charge in [0.1, 0.15) is 0 Å². The van der Waals surface area contributed by atoms with Crippen LogP contribution >= 0.6 is 0 Å². The number of hydrogen-bond acceptors (Lipinski definition) is 4. The van der Waals surface area contributed by atoms with Crippen LogP contribution in [0.5, 0.6) is 11.5 Å². The molecule has 3 aromatic rings. The van der Waals surface area contributed by atoms with Crippen molar-refractivity contribution in [3.05, 3.63) is 59.8 Å². The molecule has 0 unspecified atom stereocenters. The Kier molecular flexibility index (Phi) is 3.93. The number of benzene rings is 2. The Balaban J connectivity index is 1.51. The molecule has 0 spiro atoms. The number of carbonyl (C=O) groups excluding carboxylic acids is 1. The van der Waals surface area contributed by atoms with Gasteiger partial charge in [-0.3, -0.25) is 9.69 Å². The number of nitrogens with zero attached hydrogens (tertiary/aromatic N) is 1. The molecule has 0 saturated heterocycles. The number of fused-ring (bicyclic) bond motifs is 2. The molecule has 2 heterocycles. The molecule has 1 N–H and O–H groups in total. The second-order valence-electron chi connectivity index (χ2n) is 6.39. The summed E-state index contributed by atoms with van der Waals surface area (Å²) < 4.78 is 10.8. The molecule has 1 aliphatic heterocycles. The predicted octanol–water partition coefficient (Wildman–Crippen LogP) is 3.60. The van der Waals surface area contributed by atoms with Crippen LogP contribution < -0.4 is 9.47 Å². The van der Waals surface area contributed by atoms with Crippen molar-refractivity contribution >= 4 is 16.7 Å². The van der Waals surface area contributed by atoms with Crippen molar-refractivity contribution in [1.82, 2.24) is 9.88 Å². The van der Waals surface area contributed by atoms with Crippen LogP contribution in [0.4, 0.5) is 0 Å². The number of ether oxygens (including phenoxy) is 2. The number of nitrogens with one attached hydrogen (secondary N) is 1. The van der Waals surface area contributed by atoms with Crippen molar-refractivity contribution in [3.8, 4) is 11.5 Å². The fourth-order valence-electron chi connectivity index (χ4n) is 3.16. The molecule has 5 heteroatoms. The number of ketones is 1. The fourth-order valence-corrected chi connectivity index (χ4v) is 3.16. The topological polar surface area (TPSA) is 54.6 Å². The lowest BCUT2D eigenvalue weighted by molar-refractivity contribution is 0.0864. The minimum Gasteiger partial charge on any atom is -0.454 e. The van der Waals surface area contributed by atoms with E-state index in [2.05, 4.69) is 4.98 Å². The van der Waals surface area contributed by atoms with Gasteiger partial charge in [-0.05, 0) is 37.7 Å². The van der Waals surface area contributed by atoms with Gasteiger partial charge in [-0.15, -0.1) is 0 Å². The van der Waals surface area contributed by atoms with Crippen LogP contribution in [0.25, 0.3) is 10.9 Å². The van der Waals surface area contributed by atoms with Crippen LogP contribution in [-0.2, 0) is 6.54 Å². The van der Waals surface area contributed by atoms with Crippen LogP contribution in [0.3, 0.4) is 0 Å². The maximum absolute atomic E-state index is 12.9. The zero-order valence-corrected chi connectivity index (χ0v) is 14.3. The minimum atomic E-state index is -0.232. The molecular formula is C20H20N2O3. The second-order valence-corrected chi connectivity index (χ2v) is 6.39. The lowest BCUT2D eigenvalue weighted by Crippen LogP contribution is -2.35. The Morgan fingerprint density at radius 3 is 2.88 bits per heavy atom. The van der Waals surface area contributed by atoms with Gasteiger partial charge < -0.3 is 14.5 Å². The average molecular weight is 336 g/mol. The Bertz CT molecular complexity index is 932. The monoisotopic (exact) mass is 336 g/mol. The summed E-state index contributed by atoms with van der Waals surface area (Å²) >= 11 is 0. The predicted molar refractivity (Wildman–Crippen MR) is 96.1 cm³/mol. The fraction of sp³-hybridized carbons (Fsp3) is 0.250. The van der Waals surface area contributed by atoms with Gasteiger partial charge in [-0.25, -0.2) is 0 Å². The molecule has 0 amide bonds. The highest BCUT2D eigenvalue weighted by atomic mass is 16.7. The third kappa shape index (κ3) is 2.87. The van der Waals surface area contributed by atoms with E-state index < -0.39 is 0 Å². The van der Waals surface area contributed by atoms with Gasteiger partial charge in [0.2, 0.25) is 6.79 Å². The van der Waals surface area contributed by atoms with Gasteiger partial charge in [-0.1, -0.05) is 24.3 Å². The highest BCUT2D eigenvalue weighted by Gasteiger charge is 2.23. The van der Waals surface area contributed by atoms with Crippen LogP contribution in [-0.4, -0.2) is 35.5 Å². The third-order valence-corrected chi connectivity index (χ3v) is 4.76. The smallest absolute Gasteiger partial charge is 0.231 e. The molecule has 0 bridgehead atoms. The number of para-hydroxylation sites is 1. The maximum atomic E-state index is 12.9. The van der Waals surface area contributed by atoms with Crippen LogP contribution in [0, 0.1) is 0 Å². The standard InChI is InChI=1S/C20H20N2O3/c1-13(20(23)16-10-21-17-6-4-3-5-15(16)17)22(2)11-14-7-8-18-19(9-14)25-12-24-18/h3-10,13,21H,11-12H2,1-2H3/t13-/m1/s1. The molecule has 1 atom stereocenters. The third-order valence-electron chi connectivity index (χ3n) is 4.76. The van der Waals surface area contributed by atoms with Crippen LogP contribution in [0.2, 0.25) is 0 Å². The molecule has 128 valence electrons. The Labute approximate surface area is 146 Å². The lowest BCUT2D eigenvalue weighted by Gasteiger charge is -2.23. The SMILES string of the molecule is C[C@H](C(=O)c1c[nH]c2ccccc12)N(C)Cc1ccc2c(c1)OCO2. The molecule has 0 aliphatic carbocycles. The molecule has 5 nitrogen and oxygen atoms in total. The number of hydrogen-bond donors (Lipinski definition) is 1. The zero-order valence-electron chi connectivity index (χ0n) is 14.3. The number of Topliss-reactive ketones (excluding diaryl/α,β-unsaturated/α-hetero) is 1. The van der Waals surface area contributed by atoms with E-state index in [0.29, 0.717) is 6.54 Å². The van der Waals surface area contributed by atoms with E-state index in [0.717, 1.165) is 33.5 Å². The summed E-state index contributed by atoms with van der Waals surface area (Å²) in [7, 11) is 1.96. The van der Waals surface area contributed by atoms with Crippen molar-refractivity contribution in [2.45, 2.75) is 19.5 Å². The molecule has 4 rings (SSSR count). The molecule has 0 radical (unpaired) electrons. The summed E-state index contributed by atoms with van der Waals surface area (Å²) in [6, 6.07) is 13.5. The first-order valence-corrected chi connectivity index (χ1v) is 8.32. The first kappa shape index (κ1) is 15.7. The lowest BCUT2D eigenvalue weighted by atomic mass is 10.0. The van der Waals surface area contributed by atoms with Gasteiger partial charge in [0, 0.05) is 29.2 Å². The van der Waals surface area contributed by atoms with Gasteiger partial charge in [0.15, 0.2) is 17.3 Å². The number of H-pyrrole nitrogens is 1. The zero-order chi connectivity index (χ0) is 17.4. The Morgan fingerprint density at radius 2 is 2.00 bits per heavy atom. The molecule has 2 aromatic carbocycles. The summed E-state index contributed by atoms with van der Waals surface area (Å²) in [6.45, 7) is 2.87. The minimum absolute atomic E-state index is 0.112. The summed E-state index contributed by atoms with van der Waals surface area (Å²) in [5.74, 6) is 1.65. The first-order valence-electron chi connectivity index (χ1n) is 8.32. The van der Waals surface area contributed by atoms with Crippen LogP contribution in [0.15, 0.2) is 48.7 Å². The van der Waals surface area contributed by atoms with Gasteiger partial charge in [0.25, 0.3) is 0 Å². The summed E-state index contributed by atoms with van der Waals surface area (Å²) in [5.41, 5.74) is 2.81. The summed E-state index contributed by atoms with van der Waals surface area (Å²) in [4.78, 5) is 18.1. The Hall–Kier alpha value is -2.79. The first-order chi connectivity index (χ1) is 12.1. The highest BCUT2D eigenvalue weighted by molar-refractivity contribution is 6.10. The quantitative estimate of drug-likeness (QED) is 0.723. The summed E-state index contributed by atoms with van der Waals surface area (Å²) in [6.07, 6.45) is 1.80. The number of aromatic nitrogens is 1. The van der Waals surface area contributed by atoms with Crippen LogP contribution in [0.1, 0.15) is 22.8 Å². The van der Waals surface area contributed by atoms with Gasteiger partial charge in [0.05, 0.1) is 6.04 Å². The molecular weight excluding hydrogens is 316 g/mol. The van der Waals surface area contributed by atoms with E-state index >= 15 is 0 Å². The van der Waals surface area contributed by atoms with Crippen molar-refractivity contribution in [1.29, 1.82) is 0 Å². The van der Waals surface area contributed by atoms with Gasteiger partial charge >= 0.3 is 0 Å². The van der Waals surface area contributed by atoms with Crippen molar-refractivity contribution in [2.24, 2.45) is 0 Å². The average Bonchev–Trinajstić information content (AvgIpc) is 3.26. The number of aromatic amines is 1. The number of rotatable bonds is 5. The van der Waals surface area contributed by atoms with E-state index in [9.17, 15) is 4.79 Å². The van der Waals surface area contributed by atoms with E-state index in [-0.39, 0.29) is 18.6 Å². The normalized spacial score (nSPS) is 14.2. The molecule has 0 saturated carbocycles. The largest absolute Gasteiger partial charge is 0.454 e. The van der Waals surface area contributed by atoms with Gasteiger partial charge in [-0.2, -0.15) is 0 Å². The van der Waals surface area contributed by atoms with E-state index in [4.69, 9.17) is 9.47 Å². The molecule has 1 aliphatic rings. The van der Waals surface area contributed by atoms with Crippen molar-refractivity contribution < 1.29 is 14.3 Å².